The van der Waals surface area contributed by atoms with Crippen LogP contribution in [-0.2, 0) is 12.8 Å². The molecule has 0 amide bonds. The molecule has 1 heterocycles. The maximum Gasteiger partial charge on any atom is 0.0935 e. The monoisotopic (exact) mass is 279 g/mol. The zero-order valence-electron chi connectivity index (χ0n) is 8.90. The van der Waals surface area contributed by atoms with Crippen molar-refractivity contribution in [2.75, 3.05) is 0 Å². The van der Waals surface area contributed by atoms with Gasteiger partial charge in [0, 0.05) is 10.5 Å². The van der Waals surface area contributed by atoms with E-state index in [0.29, 0.717) is 0 Å². The molecular formula is C13H14BrNO. The summed E-state index contributed by atoms with van der Waals surface area (Å²) in [7, 11) is 0. The molecule has 0 aliphatic rings. The predicted molar refractivity (Wildman–Crippen MR) is 68.2 cm³/mol. The Morgan fingerprint density at radius 3 is 2.69 bits per heavy atom. The Morgan fingerprint density at radius 1 is 1.19 bits per heavy atom. The van der Waals surface area contributed by atoms with Gasteiger partial charge >= 0.3 is 0 Å². The van der Waals surface area contributed by atoms with E-state index in [1.54, 1.807) is 12.5 Å². The van der Waals surface area contributed by atoms with Crippen molar-refractivity contribution in [3.05, 3.63) is 58.5 Å². The molecular weight excluding hydrogens is 266 g/mol. The number of rotatable bonds is 4. The van der Waals surface area contributed by atoms with Crippen LogP contribution < -0.4 is 5.73 Å². The van der Waals surface area contributed by atoms with Gasteiger partial charge in [0.2, 0.25) is 0 Å². The minimum atomic E-state index is 0.131. The molecule has 1 aromatic carbocycles. The van der Waals surface area contributed by atoms with Crippen LogP contribution in [0.2, 0.25) is 0 Å². The topological polar surface area (TPSA) is 39.2 Å². The number of hydrogen-bond donors (Lipinski definition) is 1. The van der Waals surface area contributed by atoms with Gasteiger partial charge in [0.05, 0.1) is 12.5 Å². The first-order valence-corrected chi connectivity index (χ1v) is 6.04. The molecule has 16 heavy (non-hydrogen) atoms. The van der Waals surface area contributed by atoms with Crippen molar-refractivity contribution in [2.24, 2.45) is 5.73 Å². The van der Waals surface area contributed by atoms with E-state index in [1.165, 1.54) is 5.56 Å². The first kappa shape index (κ1) is 11.4. The van der Waals surface area contributed by atoms with Gasteiger partial charge in [-0.3, -0.25) is 0 Å². The molecule has 2 aromatic rings. The average Bonchev–Trinajstić information content (AvgIpc) is 2.70. The molecule has 2 rings (SSSR count). The highest BCUT2D eigenvalue weighted by atomic mass is 79.9. The van der Waals surface area contributed by atoms with Gasteiger partial charge in [-0.2, -0.15) is 0 Å². The molecule has 0 fully saturated rings. The highest BCUT2D eigenvalue weighted by Gasteiger charge is 2.06. The summed E-state index contributed by atoms with van der Waals surface area (Å²) in [5.74, 6) is 0. The van der Waals surface area contributed by atoms with Crippen molar-refractivity contribution in [1.29, 1.82) is 0 Å². The van der Waals surface area contributed by atoms with Gasteiger partial charge < -0.3 is 10.2 Å². The van der Waals surface area contributed by atoms with Crippen molar-refractivity contribution < 1.29 is 4.42 Å². The summed E-state index contributed by atoms with van der Waals surface area (Å²) in [6.07, 6.45) is 5.16. The van der Waals surface area contributed by atoms with Crippen molar-refractivity contribution in [2.45, 2.75) is 18.9 Å². The Hall–Kier alpha value is -1.06. The number of halogens is 1. The van der Waals surface area contributed by atoms with Crippen LogP contribution in [0, 0.1) is 0 Å². The third-order valence-corrected chi connectivity index (χ3v) is 2.96. The second-order valence-corrected chi connectivity index (χ2v) is 4.85. The van der Waals surface area contributed by atoms with Crippen LogP contribution in [0.1, 0.15) is 11.1 Å². The van der Waals surface area contributed by atoms with Crippen molar-refractivity contribution in [3.63, 3.8) is 0 Å². The minimum Gasteiger partial charge on any atom is -0.472 e. The van der Waals surface area contributed by atoms with Crippen LogP contribution >= 0.6 is 15.9 Å². The maximum atomic E-state index is 6.09. The lowest BCUT2D eigenvalue weighted by Gasteiger charge is -2.10. The Bertz CT molecular complexity index is 439. The van der Waals surface area contributed by atoms with Gasteiger partial charge in [0.25, 0.3) is 0 Å². The highest BCUT2D eigenvalue weighted by molar-refractivity contribution is 9.10. The Labute approximate surface area is 104 Å². The molecule has 84 valence electrons. The molecule has 0 aliphatic carbocycles. The molecule has 1 aromatic heterocycles. The largest absolute Gasteiger partial charge is 0.472 e. The van der Waals surface area contributed by atoms with Crippen molar-refractivity contribution in [3.8, 4) is 0 Å². The maximum absolute atomic E-state index is 6.09. The van der Waals surface area contributed by atoms with Gasteiger partial charge in [0.1, 0.15) is 0 Å². The van der Waals surface area contributed by atoms with Gasteiger partial charge in [-0.25, -0.2) is 0 Å². The SMILES string of the molecule is NC(Cc1ccoc1)Cc1cccc(Br)c1. The molecule has 2 nitrogen and oxygen atoms in total. The third-order valence-electron chi connectivity index (χ3n) is 2.46. The predicted octanol–water partition coefficient (Wildman–Crippen LogP) is 3.15. The fourth-order valence-corrected chi connectivity index (χ4v) is 2.20. The summed E-state index contributed by atoms with van der Waals surface area (Å²) < 4.78 is 6.12. The summed E-state index contributed by atoms with van der Waals surface area (Å²) >= 11 is 3.46. The van der Waals surface area contributed by atoms with Gasteiger partial charge in [-0.15, -0.1) is 0 Å². The van der Waals surface area contributed by atoms with Crippen molar-refractivity contribution in [1.82, 2.24) is 0 Å². The quantitative estimate of drug-likeness (QED) is 0.934. The highest BCUT2D eigenvalue weighted by Crippen LogP contribution is 2.14. The molecule has 0 radical (unpaired) electrons. The van der Waals surface area contributed by atoms with E-state index < -0.39 is 0 Å². The molecule has 3 heteroatoms. The summed E-state index contributed by atoms with van der Waals surface area (Å²) in [6, 6.07) is 10.3. The summed E-state index contributed by atoms with van der Waals surface area (Å²) in [5.41, 5.74) is 8.50. The minimum absolute atomic E-state index is 0.131. The zero-order valence-corrected chi connectivity index (χ0v) is 10.5. The zero-order chi connectivity index (χ0) is 11.4. The molecule has 0 saturated heterocycles. The van der Waals surface area contributed by atoms with Crippen LogP contribution in [0.4, 0.5) is 0 Å². The van der Waals surface area contributed by atoms with Crippen LogP contribution in [0.25, 0.3) is 0 Å². The lowest BCUT2D eigenvalue weighted by atomic mass is 10.0. The standard InChI is InChI=1S/C13H14BrNO/c14-12-3-1-2-10(6-12)7-13(15)8-11-4-5-16-9-11/h1-6,9,13H,7-8,15H2. The first-order chi connectivity index (χ1) is 7.74. The summed E-state index contributed by atoms with van der Waals surface area (Å²) in [4.78, 5) is 0. The van der Waals surface area contributed by atoms with Gasteiger partial charge in [-0.1, -0.05) is 28.1 Å². The van der Waals surface area contributed by atoms with E-state index in [4.69, 9.17) is 10.2 Å². The molecule has 0 spiro atoms. The lowest BCUT2D eigenvalue weighted by Crippen LogP contribution is -2.25. The molecule has 0 saturated carbocycles. The van der Waals surface area contributed by atoms with E-state index >= 15 is 0 Å². The average molecular weight is 280 g/mol. The smallest absolute Gasteiger partial charge is 0.0935 e. The first-order valence-electron chi connectivity index (χ1n) is 5.25. The molecule has 1 atom stereocenters. The fourth-order valence-electron chi connectivity index (χ4n) is 1.75. The van der Waals surface area contributed by atoms with Crippen LogP contribution in [0.3, 0.4) is 0 Å². The number of benzene rings is 1. The van der Waals surface area contributed by atoms with E-state index in [0.717, 1.165) is 22.9 Å². The van der Waals surface area contributed by atoms with Gasteiger partial charge in [-0.05, 0) is 42.2 Å². The Kier molecular flexibility index (Phi) is 3.80. The van der Waals surface area contributed by atoms with Crippen molar-refractivity contribution >= 4 is 15.9 Å². The number of hydrogen-bond acceptors (Lipinski definition) is 2. The van der Waals surface area contributed by atoms with E-state index in [2.05, 4.69) is 28.1 Å². The third kappa shape index (κ3) is 3.22. The molecule has 0 bridgehead atoms. The van der Waals surface area contributed by atoms with E-state index in [-0.39, 0.29) is 6.04 Å². The van der Waals surface area contributed by atoms with E-state index in [1.807, 2.05) is 18.2 Å². The second kappa shape index (κ2) is 5.32. The fraction of sp³-hybridized carbons (Fsp3) is 0.231. The summed E-state index contributed by atoms with van der Waals surface area (Å²) in [5, 5.41) is 0. The Balaban J connectivity index is 1.94. The normalized spacial score (nSPS) is 12.6. The second-order valence-electron chi connectivity index (χ2n) is 3.93. The molecule has 1 unspecified atom stereocenters. The summed E-state index contributed by atoms with van der Waals surface area (Å²) in [6.45, 7) is 0. The van der Waals surface area contributed by atoms with E-state index in [9.17, 15) is 0 Å². The molecule has 0 aliphatic heterocycles. The number of nitrogens with two attached hydrogens (primary N) is 1. The number of furan rings is 1. The van der Waals surface area contributed by atoms with Crippen LogP contribution in [0.15, 0.2) is 51.7 Å². The molecule has 2 N–H and O–H groups in total. The van der Waals surface area contributed by atoms with Crippen LogP contribution in [-0.4, -0.2) is 6.04 Å². The van der Waals surface area contributed by atoms with Gasteiger partial charge in [0.15, 0.2) is 0 Å². The van der Waals surface area contributed by atoms with Crippen LogP contribution in [0.5, 0.6) is 0 Å². The lowest BCUT2D eigenvalue weighted by molar-refractivity contribution is 0.559. The Morgan fingerprint density at radius 2 is 2.00 bits per heavy atom.